The molecular weight excluding hydrogens is 461 g/mol. The molecule has 10 heteroatoms. The highest BCUT2D eigenvalue weighted by atomic mass is 35.5. The molecule has 1 aromatic heterocycles. The van der Waals surface area contributed by atoms with Gasteiger partial charge in [-0.05, 0) is 24.1 Å². The zero-order valence-electron chi connectivity index (χ0n) is 17.1. The highest BCUT2D eigenvalue weighted by Crippen LogP contribution is 2.32. The predicted molar refractivity (Wildman–Crippen MR) is 119 cm³/mol. The number of amides is 1. The highest BCUT2D eigenvalue weighted by Gasteiger charge is 2.35. The molecule has 0 radical (unpaired) electrons. The minimum atomic E-state index is -4.65. The van der Waals surface area contributed by atoms with Gasteiger partial charge in [-0.2, -0.15) is 13.2 Å². The second kappa shape index (κ2) is 10.2. The average Bonchev–Trinajstić information content (AvgIpc) is 3.12. The van der Waals surface area contributed by atoms with Crippen LogP contribution in [-0.4, -0.2) is 26.4 Å². The van der Waals surface area contributed by atoms with Crippen LogP contribution in [0.25, 0.3) is 0 Å². The van der Waals surface area contributed by atoms with Gasteiger partial charge in [0.25, 0.3) is 5.91 Å². The molecule has 1 atom stereocenters. The number of thioether (sulfide) groups is 1. The Hall–Kier alpha value is -2.78. The minimum absolute atomic E-state index is 0.319. The van der Waals surface area contributed by atoms with E-state index in [0.29, 0.717) is 28.2 Å². The monoisotopic (exact) mass is 480 g/mol. The van der Waals surface area contributed by atoms with Gasteiger partial charge < -0.3 is 9.88 Å². The van der Waals surface area contributed by atoms with E-state index in [9.17, 15) is 18.0 Å². The molecule has 1 unspecified atom stereocenters. The van der Waals surface area contributed by atoms with E-state index >= 15 is 0 Å². The van der Waals surface area contributed by atoms with Crippen LogP contribution in [0.15, 0.2) is 71.4 Å². The van der Waals surface area contributed by atoms with Crippen LogP contribution in [0.4, 0.5) is 13.2 Å². The lowest BCUT2D eigenvalue weighted by Gasteiger charge is -2.20. The lowest BCUT2D eigenvalue weighted by Crippen LogP contribution is -2.33. The quantitative estimate of drug-likeness (QED) is 0.439. The third-order valence-electron chi connectivity index (χ3n) is 4.60. The molecule has 0 saturated carbocycles. The largest absolute Gasteiger partial charge is 0.417 e. The molecular formula is C22H20ClF3N4OS. The number of alkyl halides is 3. The van der Waals surface area contributed by atoms with E-state index in [1.165, 1.54) is 23.9 Å². The van der Waals surface area contributed by atoms with Crippen molar-refractivity contribution in [2.24, 2.45) is 7.05 Å². The van der Waals surface area contributed by atoms with Crippen LogP contribution in [-0.2, 0) is 19.6 Å². The number of carbonyl (C=O) groups is 1. The van der Waals surface area contributed by atoms with Gasteiger partial charge in [-0.3, -0.25) is 4.79 Å². The number of nitrogens with one attached hydrogen (secondary N) is 1. The summed E-state index contributed by atoms with van der Waals surface area (Å²) in [5, 5.41) is 12.0. The van der Waals surface area contributed by atoms with Gasteiger partial charge in [0.2, 0.25) is 0 Å². The third-order valence-corrected chi connectivity index (χ3v) is 6.00. The number of nitrogens with zero attached hydrogens (tertiary/aromatic N) is 3. The van der Waals surface area contributed by atoms with E-state index in [-0.39, 0.29) is 0 Å². The Balaban J connectivity index is 1.93. The Bertz CT molecular complexity index is 1100. The first kappa shape index (κ1) is 23.9. The average molecular weight is 481 g/mol. The van der Waals surface area contributed by atoms with Gasteiger partial charge in [0.15, 0.2) is 11.0 Å². The molecule has 1 N–H and O–H groups in total. The first-order valence-electron chi connectivity index (χ1n) is 9.53. The van der Waals surface area contributed by atoms with Crippen LogP contribution in [0.2, 0.25) is 0 Å². The van der Waals surface area contributed by atoms with Gasteiger partial charge in [0.1, 0.15) is 0 Å². The van der Waals surface area contributed by atoms with Crippen LogP contribution in [0.3, 0.4) is 0 Å². The number of hydrogen-bond acceptors (Lipinski definition) is 4. The molecule has 3 aromatic rings. The van der Waals surface area contributed by atoms with E-state index in [0.717, 1.165) is 17.7 Å². The fourth-order valence-corrected chi connectivity index (χ4v) is 3.95. The third kappa shape index (κ3) is 5.92. The van der Waals surface area contributed by atoms with Crippen molar-refractivity contribution < 1.29 is 18.0 Å². The number of halogens is 4. The van der Waals surface area contributed by atoms with Gasteiger partial charge in [0.05, 0.1) is 17.2 Å². The number of benzene rings is 2. The molecule has 5 nitrogen and oxygen atoms in total. The summed E-state index contributed by atoms with van der Waals surface area (Å²) in [6.07, 6.45) is -4.33. The summed E-state index contributed by atoms with van der Waals surface area (Å²) in [4.78, 5) is 12.9. The first-order chi connectivity index (χ1) is 15.2. The maximum Gasteiger partial charge on any atom is 0.417 e. The Kier molecular flexibility index (Phi) is 7.63. The van der Waals surface area contributed by atoms with Crippen molar-refractivity contribution in [1.82, 2.24) is 20.1 Å². The van der Waals surface area contributed by atoms with Crippen LogP contribution in [0.5, 0.6) is 0 Å². The molecule has 1 amide bonds. The topological polar surface area (TPSA) is 59.8 Å². The van der Waals surface area contributed by atoms with Crippen LogP contribution >= 0.6 is 23.4 Å². The Morgan fingerprint density at radius 3 is 2.47 bits per heavy atom. The molecule has 0 aliphatic rings. The summed E-state index contributed by atoms with van der Waals surface area (Å²) in [5.74, 6) is -0.0121. The summed E-state index contributed by atoms with van der Waals surface area (Å²) in [6, 6.07) is 13.3. The van der Waals surface area contributed by atoms with Crippen molar-refractivity contribution in [2.75, 3.05) is 5.75 Å². The molecule has 3 rings (SSSR count). The molecule has 0 aliphatic carbocycles. The predicted octanol–water partition coefficient (Wildman–Crippen LogP) is 5.39. The van der Waals surface area contributed by atoms with E-state index in [1.807, 2.05) is 30.3 Å². The van der Waals surface area contributed by atoms with Gasteiger partial charge in [-0.25, -0.2) is 0 Å². The highest BCUT2D eigenvalue weighted by molar-refractivity contribution is 7.99. The van der Waals surface area contributed by atoms with Gasteiger partial charge in [-0.1, -0.05) is 72.4 Å². The fraction of sp³-hybridized carbons (Fsp3) is 0.227. The second-order valence-corrected chi connectivity index (χ2v) is 8.44. The summed E-state index contributed by atoms with van der Waals surface area (Å²) in [5.41, 5.74) is -0.563. The van der Waals surface area contributed by atoms with Gasteiger partial charge in [0, 0.05) is 17.8 Å². The van der Waals surface area contributed by atoms with E-state index in [1.54, 1.807) is 11.6 Å². The van der Waals surface area contributed by atoms with E-state index in [4.69, 9.17) is 11.6 Å². The normalized spacial score (nSPS) is 12.4. The van der Waals surface area contributed by atoms with Crippen molar-refractivity contribution in [1.29, 1.82) is 0 Å². The summed E-state index contributed by atoms with van der Waals surface area (Å²) < 4.78 is 41.9. The lowest BCUT2D eigenvalue weighted by molar-refractivity contribution is -0.137. The molecule has 0 spiro atoms. The lowest BCUT2D eigenvalue weighted by atomic mass is 10.0. The fourth-order valence-electron chi connectivity index (χ4n) is 3.12. The number of carbonyl (C=O) groups excluding carboxylic acids is 1. The van der Waals surface area contributed by atoms with Crippen molar-refractivity contribution in [3.63, 3.8) is 0 Å². The minimum Gasteiger partial charge on any atom is -0.342 e. The molecule has 0 fully saturated rings. The maximum atomic E-state index is 13.4. The van der Waals surface area contributed by atoms with Gasteiger partial charge >= 0.3 is 6.18 Å². The van der Waals surface area contributed by atoms with E-state index in [2.05, 4.69) is 22.1 Å². The second-order valence-electron chi connectivity index (χ2n) is 6.96. The Morgan fingerprint density at radius 1 is 1.16 bits per heavy atom. The number of rotatable bonds is 8. The molecule has 32 heavy (non-hydrogen) atoms. The van der Waals surface area contributed by atoms with Crippen molar-refractivity contribution >= 4 is 29.3 Å². The van der Waals surface area contributed by atoms with Crippen molar-refractivity contribution in [3.05, 3.63) is 88.7 Å². The van der Waals surface area contributed by atoms with Crippen LogP contribution < -0.4 is 5.32 Å². The molecule has 2 aromatic carbocycles. The smallest absolute Gasteiger partial charge is 0.342 e. The Labute approximate surface area is 192 Å². The number of hydrogen-bond donors (Lipinski definition) is 1. The van der Waals surface area contributed by atoms with E-state index < -0.39 is 29.3 Å². The SMILES string of the molecule is C=C(Cl)CSc1nnc(C(Cc2ccccc2)NC(=O)c2ccccc2C(F)(F)F)n1C. The van der Waals surface area contributed by atoms with Crippen LogP contribution in [0, 0.1) is 0 Å². The summed E-state index contributed by atoms with van der Waals surface area (Å²) >= 11 is 7.14. The molecule has 0 bridgehead atoms. The first-order valence-corrected chi connectivity index (χ1v) is 10.9. The standard InChI is InChI=1S/C22H20ClF3N4OS/c1-14(23)13-32-21-29-28-19(30(21)2)18(12-15-8-4-3-5-9-15)27-20(31)16-10-6-7-11-17(16)22(24,25)26/h3-11,18H,1,12-13H2,2H3,(H,27,31). The van der Waals surface area contributed by atoms with Gasteiger partial charge in [-0.15, -0.1) is 10.2 Å². The van der Waals surface area contributed by atoms with Crippen molar-refractivity contribution in [3.8, 4) is 0 Å². The summed E-state index contributed by atoms with van der Waals surface area (Å²) in [7, 11) is 1.72. The molecule has 0 aliphatic heterocycles. The van der Waals surface area contributed by atoms with Crippen molar-refractivity contribution in [2.45, 2.75) is 23.8 Å². The van der Waals surface area contributed by atoms with Crippen LogP contribution in [0.1, 0.15) is 33.4 Å². The number of aromatic nitrogens is 3. The molecule has 1 heterocycles. The Morgan fingerprint density at radius 2 is 1.81 bits per heavy atom. The zero-order chi connectivity index (χ0) is 23.3. The molecule has 168 valence electrons. The zero-order valence-corrected chi connectivity index (χ0v) is 18.6. The maximum absolute atomic E-state index is 13.4. The molecule has 0 saturated heterocycles. The summed E-state index contributed by atoms with van der Waals surface area (Å²) in [6.45, 7) is 3.64.